The number of nitrogens with zero attached hydrogens (tertiary/aromatic N) is 1. The highest BCUT2D eigenvalue weighted by atomic mass is 79.9. The van der Waals surface area contributed by atoms with Gasteiger partial charge in [-0.3, -0.25) is 0 Å². The van der Waals surface area contributed by atoms with Crippen molar-refractivity contribution in [2.75, 3.05) is 12.4 Å². The normalized spacial score (nSPS) is 9.90. The molecule has 0 aliphatic heterocycles. The van der Waals surface area contributed by atoms with Crippen LogP contribution in [0.2, 0.25) is 0 Å². The summed E-state index contributed by atoms with van der Waals surface area (Å²) >= 11 is 3.11. The van der Waals surface area contributed by atoms with Crippen LogP contribution in [0, 0.1) is 17.1 Å². The number of nitrogens with one attached hydrogen (secondary N) is 1. The zero-order chi connectivity index (χ0) is 14.5. The molecule has 0 radical (unpaired) electrons. The fourth-order valence-electron chi connectivity index (χ4n) is 1.79. The summed E-state index contributed by atoms with van der Waals surface area (Å²) in [7, 11) is 1.57. The van der Waals surface area contributed by atoms with Crippen LogP contribution in [-0.2, 0) is 6.54 Å². The van der Waals surface area contributed by atoms with Gasteiger partial charge in [-0.15, -0.1) is 0 Å². The zero-order valence-corrected chi connectivity index (χ0v) is 12.4. The van der Waals surface area contributed by atoms with Crippen LogP contribution in [0.1, 0.15) is 11.1 Å². The van der Waals surface area contributed by atoms with Crippen molar-refractivity contribution in [2.24, 2.45) is 0 Å². The standard InChI is InChI=1S/C15H12BrFN2O/c1-20-15-5-2-10(8-18)6-11(15)9-19-12-3-4-13(16)14(17)7-12/h2-7,19H,9H2,1H3. The molecular formula is C15H12BrFN2O. The van der Waals surface area contributed by atoms with Crippen LogP contribution >= 0.6 is 15.9 Å². The zero-order valence-electron chi connectivity index (χ0n) is 10.8. The van der Waals surface area contributed by atoms with E-state index in [4.69, 9.17) is 10.00 Å². The molecule has 2 aromatic rings. The molecule has 0 bridgehead atoms. The van der Waals surface area contributed by atoms with Crippen LogP contribution in [-0.4, -0.2) is 7.11 Å². The Labute approximate surface area is 125 Å². The Balaban J connectivity index is 2.17. The third kappa shape index (κ3) is 3.28. The molecule has 0 heterocycles. The molecular weight excluding hydrogens is 323 g/mol. The van der Waals surface area contributed by atoms with Gasteiger partial charge in [0.15, 0.2) is 0 Å². The smallest absolute Gasteiger partial charge is 0.139 e. The van der Waals surface area contributed by atoms with Gasteiger partial charge in [-0.2, -0.15) is 5.26 Å². The van der Waals surface area contributed by atoms with Crippen LogP contribution < -0.4 is 10.1 Å². The summed E-state index contributed by atoms with van der Waals surface area (Å²) in [6.45, 7) is 0.444. The highest BCUT2D eigenvalue weighted by molar-refractivity contribution is 9.10. The maximum absolute atomic E-state index is 13.4. The van der Waals surface area contributed by atoms with E-state index in [1.54, 1.807) is 37.4 Å². The SMILES string of the molecule is COc1ccc(C#N)cc1CNc1ccc(Br)c(F)c1. The second-order valence-electron chi connectivity index (χ2n) is 4.12. The minimum Gasteiger partial charge on any atom is -0.496 e. The van der Waals surface area contributed by atoms with Gasteiger partial charge in [-0.1, -0.05) is 0 Å². The molecule has 0 amide bonds. The summed E-state index contributed by atoms with van der Waals surface area (Å²) in [6.07, 6.45) is 0. The Hall–Kier alpha value is -2.06. The molecule has 0 saturated heterocycles. The van der Waals surface area contributed by atoms with Crippen LogP contribution in [0.4, 0.5) is 10.1 Å². The molecule has 0 saturated carbocycles. The first-order valence-corrected chi connectivity index (χ1v) is 6.69. The first kappa shape index (κ1) is 14.4. The number of hydrogen-bond donors (Lipinski definition) is 1. The van der Waals surface area contributed by atoms with E-state index in [1.165, 1.54) is 6.07 Å². The predicted octanol–water partition coefficient (Wildman–Crippen LogP) is 4.08. The molecule has 0 unspecified atom stereocenters. The Morgan fingerprint density at radius 1 is 1.30 bits per heavy atom. The number of benzene rings is 2. The summed E-state index contributed by atoms with van der Waals surface area (Å²) < 4.78 is 19.1. The predicted molar refractivity (Wildman–Crippen MR) is 79.1 cm³/mol. The number of halogens is 2. The second-order valence-corrected chi connectivity index (χ2v) is 4.98. The third-order valence-electron chi connectivity index (χ3n) is 2.81. The van der Waals surface area contributed by atoms with Crippen LogP contribution in [0.15, 0.2) is 40.9 Å². The number of ether oxygens (including phenoxy) is 1. The summed E-state index contributed by atoms with van der Waals surface area (Å²) in [5.41, 5.74) is 2.06. The van der Waals surface area contributed by atoms with E-state index in [1.807, 2.05) is 0 Å². The van der Waals surface area contributed by atoms with Crippen molar-refractivity contribution in [1.29, 1.82) is 5.26 Å². The molecule has 102 valence electrons. The molecule has 0 atom stereocenters. The summed E-state index contributed by atoms with van der Waals surface area (Å²) in [5.74, 6) is 0.363. The van der Waals surface area contributed by atoms with Crippen molar-refractivity contribution in [3.8, 4) is 11.8 Å². The van der Waals surface area contributed by atoms with E-state index in [9.17, 15) is 4.39 Å². The molecule has 1 N–H and O–H groups in total. The molecule has 2 aromatic carbocycles. The first-order valence-electron chi connectivity index (χ1n) is 5.90. The Kier molecular flexibility index (Phi) is 4.59. The lowest BCUT2D eigenvalue weighted by molar-refractivity contribution is 0.410. The van der Waals surface area contributed by atoms with E-state index in [2.05, 4.69) is 27.3 Å². The van der Waals surface area contributed by atoms with Crippen molar-refractivity contribution < 1.29 is 9.13 Å². The van der Waals surface area contributed by atoms with E-state index in [0.717, 1.165) is 5.56 Å². The Morgan fingerprint density at radius 2 is 2.10 bits per heavy atom. The summed E-state index contributed by atoms with van der Waals surface area (Å²) in [6, 6.07) is 12.1. The van der Waals surface area contributed by atoms with Crippen molar-refractivity contribution in [3.05, 3.63) is 57.8 Å². The van der Waals surface area contributed by atoms with Gasteiger partial charge in [0.05, 0.1) is 23.2 Å². The van der Waals surface area contributed by atoms with Gasteiger partial charge >= 0.3 is 0 Å². The average Bonchev–Trinajstić information content (AvgIpc) is 2.48. The molecule has 3 nitrogen and oxygen atoms in total. The van der Waals surface area contributed by atoms with Gasteiger partial charge in [-0.25, -0.2) is 4.39 Å². The van der Waals surface area contributed by atoms with Gasteiger partial charge in [0.25, 0.3) is 0 Å². The van der Waals surface area contributed by atoms with E-state index >= 15 is 0 Å². The highest BCUT2D eigenvalue weighted by Gasteiger charge is 2.05. The Morgan fingerprint density at radius 3 is 2.75 bits per heavy atom. The van der Waals surface area contributed by atoms with Crippen LogP contribution in [0.25, 0.3) is 0 Å². The largest absolute Gasteiger partial charge is 0.496 e. The fourth-order valence-corrected chi connectivity index (χ4v) is 2.04. The monoisotopic (exact) mass is 334 g/mol. The van der Waals surface area contributed by atoms with Crippen LogP contribution in [0.5, 0.6) is 5.75 Å². The molecule has 0 aromatic heterocycles. The number of methoxy groups -OCH3 is 1. The van der Waals surface area contributed by atoms with Crippen LogP contribution in [0.3, 0.4) is 0 Å². The number of hydrogen-bond acceptors (Lipinski definition) is 3. The van der Waals surface area contributed by atoms with E-state index in [0.29, 0.717) is 28.0 Å². The minimum absolute atomic E-state index is 0.326. The fraction of sp³-hybridized carbons (Fsp3) is 0.133. The van der Waals surface area contributed by atoms with Gasteiger partial charge in [0.2, 0.25) is 0 Å². The molecule has 0 fully saturated rings. The Bertz CT molecular complexity index is 667. The average molecular weight is 335 g/mol. The van der Waals surface area contributed by atoms with Gasteiger partial charge < -0.3 is 10.1 Å². The third-order valence-corrected chi connectivity index (χ3v) is 3.46. The molecule has 5 heteroatoms. The minimum atomic E-state index is -0.326. The number of nitriles is 1. The summed E-state index contributed by atoms with van der Waals surface area (Å²) in [5, 5.41) is 12.0. The summed E-state index contributed by atoms with van der Waals surface area (Å²) in [4.78, 5) is 0. The van der Waals surface area contributed by atoms with E-state index in [-0.39, 0.29) is 5.82 Å². The maximum atomic E-state index is 13.4. The topological polar surface area (TPSA) is 45.0 Å². The molecule has 0 spiro atoms. The lowest BCUT2D eigenvalue weighted by Crippen LogP contribution is -2.02. The molecule has 0 aliphatic rings. The first-order chi connectivity index (χ1) is 9.63. The lowest BCUT2D eigenvalue weighted by Gasteiger charge is -2.11. The number of anilines is 1. The van der Waals surface area contributed by atoms with Crippen molar-refractivity contribution >= 4 is 21.6 Å². The second kappa shape index (κ2) is 6.40. The number of rotatable bonds is 4. The van der Waals surface area contributed by atoms with Crippen molar-refractivity contribution in [2.45, 2.75) is 6.54 Å². The molecule has 0 aliphatic carbocycles. The maximum Gasteiger partial charge on any atom is 0.139 e. The van der Waals surface area contributed by atoms with Gasteiger partial charge in [0, 0.05) is 17.8 Å². The van der Waals surface area contributed by atoms with Crippen molar-refractivity contribution in [3.63, 3.8) is 0 Å². The highest BCUT2D eigenvalue weighted by Crippen LogP contribution is 2.23. The quantitative estimate of drug-likeness (QED) is 0.916. The molecule has 20 heavy (non-hydrogen) atoms. The van der Waals surface area contributed by atoms with Gasteiger partial charge in [0.1, 0.15) is 11.6 Å². The molecule has 2 rings (SSSR count). The van der Waals surface area contributed by atoms with Gasteiger partial charge in [-0.05, 0) is 52.3 Å². The van der Waals surface area contributed by atoms with Crippen molar-refractivity contribution in [1.82, 2.24) is 0 Å². The lowest BCUT2D eigenvalue weighted by atomic mass is 10.1. The van der Waals surface area contributed by atoms with E-state index < -0.39 is 0 Å².